The van der Waals surface area contributed by atoms with Gasteiger partial charge in [-0.25, -0.2) is 9.97 Å². The topological polar surface area (TPSA) is 95.5 Å². The molecular weight excluding hydrogens is 426 g/mol. The number of fused-ring (bicyclic) bond motifs is 2. The van der Waals surface area contributed by atoms with Gasteiger partial charge in [-0.05, 0) is 37.5 Å². The van der Waals surface area contributed by atoms with Crippen LogP contribution in [0.15, 0.2) is 39.5 Å². The zero-order valence-corrected chi connectivity index (χ0v) is 17.8. The normalized spacial score (nSPS) is 26.0. The van der Waals surface area contributed by atoms with Gasteiger partial charge >= 0.3 is 0 Å². The van der Waals surface area contributed by atoms with Crippen molar-refractivity contribution in [2.75, 3.05) is 19.1 Å². The Hall–Kier alpha value is -2.07. The third-order valence-corrected chi connectivity index (χ3v) is 7.32. The van der Waals surface area contributed by atoms with Gasteiger partial charge in [-0.1, -0.05) is 23.4 Å². The quantitative estimate of drug-likeness (QED) is 0.680. The number of nitrogens with two attached hydrogens (primary N) is 1. The van der Waals surface area contributed by atoms with Gasteiger partial charge in [0.25, 0.3) is 0 Å². The average molecular weight is 448 g/mol. The van der Waals surface area contributed by atoms with Crippen molar-refractivity contribution in [3.63, 3.8) is 0 Å². The molecule has 4 heterocycles. The minimum atomic E-state index is -0.141. The second kappa shape index (κ2) is 8.22. The number of nitrogens with zero attached hydrogens (tertiary/aromatic N) is 4. The molecule has 0 radical (unpaired) electrons. The molecule has 2 aliphatic heterocycles. The summed E-state index contributed by atoms with van der Waals surface area (Å²) >= 11 is 8.00. The zero-order valence-electron chi connectivity index (χ0n) is 16.2. The number of carbonyl (C=O) groups is 1. The Kier molecular flexibility index (Phi) is 5.44. The van der Waals surface area contributed by atoms with Crippen LogP contribution in [0, 0.1) is 0 Å². The van der Waals surface area contributed by atoms with Crippen LogP contribution in [-0.4, -0.2) is 57.4 Å². The van der Waals surface area contributed by atoms with E-state index in [2.05, 4.69) is 9.55 Å². The summed E-state index contributed by atoms with van der Waals surface area (Å²) in [4.78, 5) is 23.0. The van der Waals surface area contributed by atoms with Crippen molar-refractivity contribution in [3.8, 4) is 0 Å². The number of likely N-dealkylation sites (tertiary alicyclic amines) is 1. The van der Waals surface area contributed by atoms with Crippen LogP contribution in [0.2, 0.25) is 0 Å². The first-order chi connectivity index (χ1) is 14.6. The molecule has 2 fully saturated rings. The maximum absolute atomic E-state index is 11.3. The third kappa shape index (κ3) is 3.60. The number of hydrogen-bond donors (Lipinski definition) is 1. The Bertz CT molecular complexity index is 1040. The van der Waals surface area contributed by atoms with E-state index < -0.39 is 0 Å². The Morgan fingerprint density at radius 1 is 1.33 bits per heavy atom. The lowest BCUT2D eigenvalue weighted by Gasteiger charge is -2.21. The number of amides is 1. The molecule has 8 nitrogen and oxygen atoms in total. The van der Waals surface area contributed by atoms with Crippen LogP contribution in [0.25, 0.3) is 11.0 Å². The number of anilines is 1. The number of aryl methyl sites for hydroxylation is 1. The molecule has 0 bridgehead atoms. The Morgan fingerprint density at radius 3 is 3.00 bits per heavy atom. The van der Waals surface area contributed by atoms with Crippen LogP contribution in [0.3, 0.4) is 0 Å². The van der Waals surface area contributed by atoms with E-state index in [0.717, 1.165) is 54.3 Å². The molecule has 0 aromatic carbocycles. The summed E-state index contributed by atoms with van der Waals surface area (Å²) in [5, 5.41) is 1.41. The van der Waals surface area contributed by atoms with E-state index in [1.807, 2.05) is 23.1 Å². The molecule has 30 heavy (non-hydrogen) atoms. The van der Waals surface area contributed by atoms with Gasteiger partial charge in [-0.2, -0.15) is 0 Å². The van der Waals surface area contributed by atoms with Gasteiger partial charge in [0.15, 0.2) is 11.0 Å². The third-order valence-electron chi connectivity index (χ3n) is 5.81. The first-order valence-electron chi connectivity index (χ1n) is 9.96. The highest BCUT2D eigenvalue weighted by Gasteiger charge is 2.32. The monoisotopic (exact) mass is 447 g/mol. The van der Waals surface area contributed by atoms with Crippen LogP contribution >= 0.6 is 23.4 Å². The van der Waals surface area contributed by atoms with Crippen molar-refractivity contribution < 1.29 is 14.3 Å². The number of thioether (sulfide) groups is 1. The van der Waals surface area contributed by atoms with Gasteiger partial charge in [0.1, 0.15) is 24.5 Å². The molecule has 10 heteroatoms. The predicted molar refractivity (Wildman–Crippen MR) is 115 cm³/mol. The second-order valence-corrected chi connectivity index (χ2v) is 8.98. The van der Waals surface area contributed by atoms with Crippen molar-refractivity contribution in [3.05, 3.63) is 34.4 Å². The summed E-state index contributed by atoms with van der Waals surface area (Å²) in [5.41, 5.74) is 7.69. The Labute approximate surface area is 183 Å². The number of pyridine rings is 1. The van der Waals surface area contributed by atoms with Crippen molar-refractivity contribution >= 4 is 46.6 Å². The van der Waals surface area contributed by atoms with Gasteiger partial charge in [-0.15, -0.1) is 0 Å². The van der Waals surface area contributed by atoms with E-state index in [0.29, 0.717) is 16.4 Å². The standard InChI is InChI=1S/C20H22ClN5O3S/c21-13-8-15-16(29-11-28-15)9-17(13)30-20-24-18-14(3-5-23-19(18)22)26(20)7-4-12-2-1-6-25(12)10-27/h3,5,8-10,12,15-16H,1-2,4,6-7,11H2,(H2,22,23). The van der Waals surface area contributed by atoms with E-state index in [1.165, 1.54) is 11.8 Å². The van der Waals surface area contributed by atoms with Gasteiger partial charge in [0.05, 0.1) is 10.5 Å². The van der Waals surface area contributed by atoms with E-state index in [1.54, 1.807) is 6.20 Å². The van der Waals surface area contributed by atoms with Gasteiger partial charge in [0.2, 0.25) is 6.41 Å². The molecule has 158 valence electrons. The first kappa shape index (κ1) is 19.9. The van der Waals surface area contributed by atoms with Crippen LogP contribution in [0.5, 0.6) is 0 Å². The molecule has 5 rings (SSSR count). The summed E-state index contributed by atoms with van der Waals surface area (Å²) in [6.07, 6.45) is 9.16. The Morgan fingerprint density at radius 2 is 2.17 bits per heavy atom. The number of nitrogen functional groups attached to an aromatic ring is 1. The second-order valence-electron chi connectivity index (χ2n) is 7.57. The summed E-state index contributed by atoms with van der Waals surface area (Å²) in [6.45, 7) is 1.81. The van der Waals surface area contributed by atoms with E-state index in [9.17, 15) is 4.79 Å². The molecule has 3 unspecified atom stereocenters. The fourth-order valence-corrected chi connectivity index (χ4v) is 5.54. The molecular formula is C20H22ClN5O3S. The van der Waals surface area contributed by atoms with Crippen LogP contribution in [0.4, 0.5) is 5.82 Å². The van der Waals surface area contributed by atoms with Crippen LogP contribution in [0.1, 0.15) is 19.3 Å². The highest BCUT2D eigenvalue weighted by Crippen LogP contribution is 2.40. The number of hydrogen-bond acceptors (Lipinski definition) is 7. The molecule has 0 spiro atoms. The number of rotatable bonds is 6. The van der Waals surface area contributed by atoms with Crippen molar-refractivity contribution in [1.29, 1.82) is 0 Å². The Balaban J connectivity index is 1.45. The van der Waals surface area contributed by atoms with Crippen molar-refractivity contribution in [2.45, 2.75) is 49.2 Å². The fraction of sp³-hybridized carbons (Fsp3) is 0.450. The lowest BCUT2D eigenvalue weighted by atomic mass is 10.1. The van der Waals surface area contributed by atoms with Crippen molar-refractivity contribution in [2.24, 2.45) is 0 Å². The number of ether oxygens (including phenoxy) is 2. The summed E-state index contributed by atoms with van der Waals surface area (Å²) < 4.78 is 13.3. The molecule has 1 amide bonds. The number of imidazole rings is 1. The van der Waals surface area contributed by atoms with Crippen LogP contribution in [-0.2, 0) is 20.8 Å². The molecule has 2 N–H and O–H groups in total. The highest BCUT2D eigenvalue weighted by atomic mass is 35.5. The largest absolute Gasteiger partial charge is 0.382 e. The number of allylic oxidation sites excluding steroid dienone is 1. The maximum Gasteiger partial charge on any atom is 0.209 e. The number of carbonyl (C=O) groups excluding carboxylic acids is 1. The smallest absolute Gasteiger partial charge is 0.209 e. The minimum absolute atomic E-state index is 0.140. The minimum Gasteiger partial charge on any atom is -0.382 e. The zero-order chi connectivity index (χ0) is 20.7. The molecule has 2 aromatic heterocycles. The van der Waals surface area contributed by atoms with E-state index in [4.69, 9.17) is 31.8 Å². The lowest BCUT2D eigenvalue weighted by molar-refractivity contribution is -0.118. The maximum atomic E-state index is 11.3. The highest BCUT2D eigenvalue weighted by molar-refractivity contribution is 8.03. The lowest BCUT2D eigenvalue weighted by Crippen LogP contribution is -2.28. The number of aromatic nitrogens is 3. The number of halogens is 1. The van der Waals surface area contributed by atoms with Crippen molar-refractivity contribution in [1.82, 2.24) is 19.4 Å². The molecule has 3 aliphatic rings. The molecule has 2 saturated heterocycles. The van der Waals surface area contributed by atoms with Gasteiger partial charge in [-0.3, -0.25) is 4.79 Å². The van der Waals surface area contributed by atoms with Crippen LogP contribution < -0.4 is 5.73 Å². The summed E-state index contributed by atoms with van der Waals surface area (Å²) in [5.74, 6) is 0.398. The van der Waals surface area contributed by atoms with Gasteiger partial charge < -0.3 is 24.7 Å². The summed E-state index contributed by atoms with van der Waals surface area (Å²) in [6, 6.07) is 2.17. The summed E-state index contributed by atoms with van der Waals surface area (Å²) in [7, 11) is 0. The molecule has 0 saturated carbocycles. The van der Waals surface area contributed by atoms with E-state index in [-0.39, 0.29) is 25.0 Å². The van der Waals surface area contributed by atoms with E-state index >= 15 is 0 Å². The molecule has 2 aromatic rings. The fourth-order valence-electron chi connectivity index (χ4n) is 4.24. The molecule has 3 atom stereocenters. The van der Waals surface area contributed by atoms with Gasteiger partial charge in [0, 0.05) is 30.2 Å². The predicted octanol–water partition coefficient (Wildman–Crippen LogP) is 2.88. The first-order valence-corrected chi connectivity index (χ1v) is 11.2. The average Bonchev–Trinajstić information content (AvgIpc) is 3.45. The SMILES string of the molecule is Nc1nccc2c1nc(SC1=CC3OCOC3C=C1Cl)n2CCC1CCCN1C=O. The molecule has 1 aliphatic carbocycles.